The van der Waals surface area contributed by atoms with Crippen LogP contribution in [0.1, 0.15) is 58.4 Å². The van der Waals surface area contributed by atoms with Gasteiger partial charge in [0.05, 0.1) is 30.3 Å². The summed E-state index contributed by atoms with van der Waals surface area (Å²) in [7, 11) is 0. The van der Waals surface area contributed by atoms with Crippen molar-refractivity contribution in [2.24, 2.45) is 0 Å². The number of benzene rings is 1. The zero-order valence-electron chi connectivity index (χ0n) is 22.1. The Labute approximate surface area is 219 Å². The topological polar surface area (TPSA) is 87.7 Å². The van der Waals surface area contributed by atoms with E-state index in [0.717, 1.165) is 79.9 Å². The predicted molar refractivity (Wildman–Crippen MR) is 145 cm³/mol. The second kappa shape index (κ2) is 10.2. The first-order valence-electron chi connectivity index (χ1n) is 13.8. The molecule has 2 N–H and O–H groups in total. The Morgan fingerprint density at radius 3 is 2.59 bits per heavy atom. The molecule has 4 heterocycles. The normalized spacial score (nSPS) is 26.5. The lowest BCUT2D eigenvalue weighted by Crippen LogP contribution is -2.45. The molecule has 1 saturated carbocycles. The molecule has 37 heavy (non-hydrogen) atoms. The molecule has 2 aromatic heterocycles. The number of nitrogens with two attached hydrogens (primary N) is 1. The summed E-state index contributed by atoms with van der Waals surface area (Å²) in [6.45, 7) is 8.67. The van der Waals surface area contributed by atoms with Crippen LogP contribution in [0.4, 0.5) is 5.82 Å². The molecule has 198 valence electrons. The highest BCUT2D eigenvalue weighted by Crippen LogP contribution is 2.39. The lowest BCUT2D eigenvalue weighted by atomic mass is 9.90. The van der Waals surface area contributed by atoms with E-state index in [4.69, 9.17) is 24.9 Å². The molecule has 0 spiro atoms. The van der Waals surface area contributed by atoms with Crippen molar-refractivity contribution in [3.63, 3.8) is 0 Å². The fraction of sp³-hybridized carbons (Fsp3) is 0.586. The van der Waals surface area contributed by atoms with Gasteiger partial charge in [0, 0.05) is 36.9 Å². The van der Waals surface area contributed by atoms with Crippen LogP contribution in [0.25, 0.3) is 22.2 Å². The van der Waals surface area contributed by atoms with Gasteiger partial charge in [-0.15, -0.1) is 0 Å². The van der Waals surface area contributed by atoms with E-state index in [1.807, 2.05) is 12.1 Å². The van der Waals surface area contributed by atoms with Crippen LogP contribution >= 0.6 is 0 Å². The fourth-order valence-electron chi connectivity index (χ4n) is 6.39. The maximum Gasteiger partial charge on any atom is 0.146 e. The number of hydrogen-bond donors (Lipinski definition) is 1. The van der Waals surface area contributed by atoms with Gasteiger partial charge in [-0.05, 0) is 70.1 Å². The van der Waals surface area contributed by atoms with Gasteiger partial charge in [0.1, 0.15) is 30.1 Å². The highest BCUT2D eigenvalue weighted by molar-refractivity contribution is 6.00. The molecule has 2 saturated heterocycles. The number of hydrogen-bond acceptors (Lipinski definition) is 7. The smallest absolute Gasteiger partial charge is 0.146 e. The second-order valence-corrected chi connectivity index (χ2v) is 11.4. The molecule has 1 atom stereocenters. The molecule has 8 nitrogen and oxygen atoms in total. The summed E-state index contributed by atoms with van der Waals surface area (Å²) in [5.41, 5.74) is 9.42. The first kappa shape index (κ1) is 24.6. The Hall–Kier alpha value is -2.68. The van der Waals surface area contributed by atoms with E-state index >= 15 is 0 Å². The monoisotopic (exact) mass is 505 g/mol. The zero-order chi connectivity index (χ0) is 25.4. The molecule has 0 amide bonds. The first-order valence-corrected chi connectivity index (χ1v) is 13.8. The van der Waals surface area contributed by atoms with Crippen molar-refractivity contribution in [3.8, 4) is 16.9 Å². The van der Waals surface area contributed by atoms with Gasteiger partial charge in [0.15, 0.2) is 0 Å². The third kappa shape index (κ3) is 5.19. The number of anilines is 1. The quantitative estimate of drug-likeness (QED) is 0.513. The van der Waals surface area contributed by atoms with Crippen LogP contribution in [0.3, 0.4) is 0 Å². The average Bonchev–Trinajstić information content (AvgIpc) is 3.49. The molecule has 6 rings (SSSR count). The molecule has 1 aromatic carbocycles. The Bertz CT molecular complexity index is 1230. The minimum absolute atomic E-state index is 0.0590. The van der Waals surface area contributed by atoms with Crippen molar-refractivity contribution in [1.82, 2.24) is 19.4 Å². The molecule has 1 aliphatic carbocycles. The van der Waals surface area contributed by atoms with Gasteiger partial charge in [-0.1, -0.05) is 12.1 Å². The molecule has 0 radical (unpaired) electrons. The number of ether oxygens (including phenoxy) is 3. The minimum Gasteiger partial charge on any atom is -0.491 e. The summed E-state index contributed by atoms with van der Waals surface area (Å²) in [5.74, 6) is 1.36. The Morgan fingerprint density at radius 1 is 1.05 bits per heavy atom. The Balaban J connectivity index is 1.22. The van der Waals surface area contributed by atoms with Crippen molar-refractivity contribution < 1.29 is 14.2 Å². The number of morpholine rings is 1. The predicted octanol–water partition coefficient (Wildman–Crippen LogP) is 4.83. The van der Waals surface area contributed by atoms with Gasteiger partial charge < -0.3 is 24.5 Å². The van der Waals surface area contributed by atoms with Gasteiger partial charge in [0.2, 0.25) is 0 Å². The summed E-state index contributed by atoms with van der Waals surface area (Å²) in [4.78, 5) is 11.6. The van der Waals surface area contributed by atoms with Crippen molar-refractivity contribution in [1.29, 1.82) is 0 Å². The molecule has 3 aromatic rings. The highest BCUT2D eigenvalue weighted by Gasteiger charge is 2.32. The Morgan fingerprint density at radius 2 is 1.84 bits per heavy atom. The molecular formula is C29H39N5O3. The maximum absolute atomic E-state index is 6.43. The molecule has 1 unspecified atom stereocenters. The van der Waals surface area contributed by atoms with Gasteiger partial charge >= 0.3 is 0 Å². The van der Waals surface area contributed by atoms with E-state index in [1.54, 1.807) is 6.33 Å². The van der Waals surface area contributed by atoms with Crippen LogP contribution < -0.4 is 10.5 Å². The van der Waals surface area contributed by atoms with Gasteiger partial charge in [0.25, 0.3) is 0 Å². The van der Waals surface area contributed by atoms with E-state index in [2.05, 4.69) is 46.6 Å². The number of aromatic nitrogens is 3. The van der Waals surface area contributed by atoms with E-state index in [1.165, 1.54) is 12.8 Å². The number of fused-ring (bicyclic) bond motifs is 1. The van der Waals surface area contributed by atoms with Crippen LogP contribution in [0.15, 0.2) is 36.8 Å². The van der Waals surface area contributed by atoms with Crippen LogP contribution in [0, 0.1) is 0 Å². The summed E-state index contributed by atoms with van der Waals surface area (Å²) >= 11 is 0. The van der Waals surface area contributed by atoms with E-state index < -0.39 is 0 Å². The lowest BCUT2D eigenvalue weighted by Gasteiger charge is -2.39. The van der Waals surface area contributed by atoms with Crippen molar-refractivity contribution >= 4 is 16.9 Å². The van der Waals surface area contributed by atoms with Crippen LogP contribution in [-0.2, 0) is 9.47 Å². The highest BCUT2D eigenvalue weighted by atomic mass is 16.6. The summed E-state index contributed by atoms with van der Waals surface area (Å²) < 4.78 is 20.2. The van der Waals surface area contributed by atoms with Crippen LogP contribution in [0.5, 0.6) is 5.75 Å². The third-order valence-corrected chi connectivity index (χ3v) is 8.40. The summed E-state index contributed by atoms with van der Waals surface area (Å²) in [6, 6.07) is 9.33. The van der Waals surface area contributed by atoms with Crippen molar-refractivity contribution in [2.75, 3.05) is 38.6 Å². The van der Waals surface area contributed by atoms with Gasteiger partial charge in [-0.3, -0.25) is 4.90 Å². The molecule has 0 bridgehead atoms. The van der Waals surface area contributed by atoms with Gasteiger partial charge in [-0.2, -0.15) is 0 Å². The minimum atomic E-state index is -0.0590. The lowest BCUT2D eigenvalue weighted by molar-refractivity contribution is -0.0326. The zero-order valence-corrected chi connectivity index (χ0v) is 22.1. The summed E-state index contributed by atoms with van der Waals surface area (Å²) in [6.07, 6.45) is 10.7. The molecule has 3 fully saturated rings. The van der Waals surface area contributed by atoms with E-state index in [9.17, 15) is 0 Å². The van der Waals surface area contributed by atoms with E-state index in [-0.39, 0.29) is 11.7 Å². The fourth-order valence-corrected chi connectivity index (χ4v) is 6.39. The maximum atomic E-state index is 6.43. The summed E-state index contributed by atoms with van der Waals surface area (Å²) in [5, 5.41) is 0.927. The second-order valence-electron chi connectivity index (χ2n) is 11.4. The van der Waals surface area contributed by atoms with Crippen molar-refractivity contribution in [2.45, 2.75) is 76.2 Å². The number of nitrogen functional groups attached to an aromatic ring is 1. The number of rotatable bonds is 6. The van der Waals surface area contributed by atoms with Gasteiger partial charge in [-0.25, -0.2) is 9.97 Å². The third-order valence-electron chi connectivity index (χ3n) is 8.40. The van der Waals surface area contributed by atoms with Crippen LogP contribution in [-0.4, -0.2) is 70.1 Å². The standard InChI is InChI=1S/C29H39N5O3/c1-29(2)11-10-24(37-29)18-36-23-5-3-4-20(16-23)25-17-34(28-26(25)27(30)31-19-32-28)22-8-6-21(7-9-22)33-12-14-35-15-13-33/h3-5,16-17,19,21-22,24H,6-15,18H2,1-2H3,(H2,30,31,32)/t21-,22+,24?. The average molecular weight is 506 g/mol. The van der Waals surface area contributed by atoms with Crippen LogP contribution in [0.2, 0.25) is 0 Å². The van der Waals surface area contributed by atoms with E-state index in [0.29, 0.717) is 24.5 Å². The van der Waals surface area contributed by atoms with Crippen molar-refractivity contribution in [3.05, 3.63) is 36.8 Å². The molecular weight excluding hydrogens is 466 g/mol. The largest absolute Gasteiger partial charge is 0.491 e. The Kier molecular flexibility index (Phi) is 6.82. The molecule has 2 aliphatic heterocycles. The molecule has 8 heteroatoms. The molecule has 3 aliphatic rings. The first-order chi connectivity index (χ1) is 18.0. The SMILES string of the molecule is CC1(C)CCC(COc2cccc(-c3cn([C@H]4CC[C@@H](N5CCOCC5)CC4)c4ncnc(N)c34)c2)O1. The number of nitrogens with zero attached hydrogens (tertiary/aromatic N) is 4.